The van der Waals surface area contributed by atoms with E-state index in [4.69, 9.17) is 4.74 Å². The Morgan fingerprint density at radius 1 is 1.26 bits per heavy atom. The quantitative estimate of drug-likeness (QED) is 0.880. The van der Waals surface area contributed by atoms with E-state index in [1.54, 1.807) is 7.11 Å². The molecule has 1 aliphatic carbocycles. The van der Waals surface area contributed by atoms with Gasteiger partial charge in [-0.25, -0.2) is 0 Å². The van der Waals surface area contributed by atoms with Gasteiger partial charge in [0.25, 0.3) is 0 Å². The minimum atomic E-state index is 0.524. The third kappa shape index (κ3) is 2.49. The molecule has 0 spiro atoms. The highest BCUT2D eigenvalue weighted by atomic mass is 16.5. The summed E-state index contributed by atoms with van der Waals surface area (Å²) in [6.45, 7) is 2.33. The number of nitrogens with zero attached hydrogens (tertiary/aromatic N) is 1. The lowest BCUT2D eigenvalue weighted by atomic mass is 9.93. The lowest BCUT2D eigenvalue weighted by Crippen LogP contribution is -2.31. The molecular weight excluding hydrogens is 236 g/mol. The van der Waals surface area contributed by atoms with Crippen LogP contribution in [0.15, 0.2) is 24.3 Å². The van der Waals surface area contributed by atoms with Gasteiger partial charge in [-0.15, -0.1) is 0 Å². The first-order valence-electron chi connectivity index (χ1n) is 7.38. The van der Waals surface area contributed by atoms with E-state index < -0.39 is 0 Å². The van der Waals surface area contributed by atoms with E-state index in [1.165, 1.54) is 31.4 Å². The summed E-state index contributed by atoms with van der Waals surface area (Å²) in [7, 11) is 3.83. The molecule has 0 aromatic heterocycles. The van der Waals surface area contributed by atoms with Crippen molar-refractivity contribution < 1.29 is 4.74 Å². The Labute approximate surface area is 115 Å². The summed E-state index contributed by atoms with van der Waals surface area (Å²) in [5, 5.41) is 3.36. The number of methoxy groups -OCH3 is 1. The van der Waals surface area contributed by atoms with Crippen molar-refractivity contribution >= 4 is 0 Å². The molecule has 0 bridgehead atoms. The number of likely N-dealkylation sites (tertiary alicyclic amines) is 1. The van der Waals surface area contributed by atoms with Crippen LogP contribution in [0.2, 0.25) is 0 Å². The molecule has 2 atom stereocenters. The second-order valence-corrected chi connectivity index (χ2v) is 5.76. The van der Waals surface area contributed by atoms with E-state index >= 15 is 0 Å². The topological polar surface area (TPSA) is 24.5 Å². The van der Waals surface area contributed by atoms with Crippen molar-refractivity contribution in [2.75, 3.05) is 27.2 Å². The molecule has 3 rings (SSSR count). The number of rotatable bonds is 5. The standard InChI is InChI=1S/C16H24N2O/c1-17-11-12-9-10-18(13-7-8-13)16(12)14-5-3-4-6-15(14)19-2/h3-6,12-13,16-17H,7-11H2,1-2H3. The molecule has 0 amide bonds. The normalized spacial score (nSPS) is 27.7. The monoisotopic (exact) mass is 260 g/mol. The summed E-state index contributed by atoms with van der Waals surface area (Å²) < 4.78 is 5.59. The fourth-order valence-corrected chi connectivity index (χ4v) is 3.52. The van der Waals surface area contributed by atoms with E-state index in [2.05, 4.69) is 41.5 Å². The Bertz CT molecular complexity index is 431. The summed E-state index contributed by atoms with van der Waals surface area (Å²) >= 11 is 0. The fourth-order valence-electron chi connectivity index (χ4n) is 3.52. The maximum Gasteiger partial charge on any atom is 0.123 e. The van der Waals surface area contributed by atoms with Crippen molar-refractivity contribution in [3.8, 4) is 5.75 Å². The van der Waals surface area contributed by atoms with Gasteiger partial charge in [-0.2, -0.15) is 0 Å². The molecule has 1 aromatic rings. The third-order valence-electron chi connectivity index (χ3n) is 4.50. The molecule has 104 valence electrons. The first-order chi connectivity index (χ1) is 9.35. The number of ether oxygens (including phenoxy) is 1. The highest BCUT2D eigenvalue weighted by Gasteiger charge is 2.43. The minimum Gasteiger partial charge on any atom is -0.496 e. The number of hydrogen-bond acceptors (Lipinski definition) is 3. The Kier molecular flexibility index (Phi) is 3.76. The molecule has 1 heterocycles. The Hall–Kier alpha value is -1.06. The van der Waals surface area contributed by atoms with Gasteiger partial charge >= 0.3 is 0 Å². The Morgan fingerprint density at radius 3 is 2.74 bits per heavy atom. The molecule has 2 unspecified atom stereocenters. The van der Waals surface area contributed by atoms with E-state index in [-0.39, 0.29) is 0 Å². The maximum atomic E-state index is 5.59. The van der Waals surface area contributed by atoms with Crippen molar-refractivity contribution in [1.82, 2.24) is 10.2 Å². The van der Waals surface area contributed by atoms with Gasteiger partial charge in [0, 0.05) is 17.6 Å². The first kappa shape index (κ1) is 12.9. The molecule has 1 saturated carbocycles. The third-order valence-corrected chi connectivity index (χ3v) is 4.50. The largest absolute Gasteiger partial charge is 0.496 e. The molecule has 2 fully saturated rings. The Morgan fingerprint density at radius 2 is 2.05 bits per heavy atom. The molecule has 3 heteroatoms. The van der Waals surface area contributed by atoms with Crippen molar-refractivity contribution in [3.63, 3.8) is 0 Å². The minimum absolute atomic E-state index is 0.524. The fraction of sp³-hybridized carbons (Fsp3) is 0.625. The predicted molar refractivity (Wildman–Crippen MR) is 77.5 cm³/mol. The zero-order valence-electron chi connectivity index (χ0n) is 11.9. The van der Waals surface area contributed by atoms with Crippen LogP contribution in [0.5, 0.6) is 5.75 Å². The van der Waals surface area contributed by atoms with Crippen LogP contribution in [0.25, 0.3) is 0 Å². The maximum absolute atomic E-state index is 5.59. The predicted octanol–water partition coefficient (Wildman–Crippen LogP) is 2.44. The van der Waals surface area contributed by atoms with E-state index in [0.717, 1.165) is 18.3 Å². The number of nitrogens with one attached hydrogen (secondary N) is 1. The van der Waals surface area contributed by atoms with Gasteiger partial charge in [0.15, 0.2) is 0 Å². The van der Waals surface area contributed by atoms with Gasteiger partial charge in [0.1, 0.15) is 5.75 Å². The lowest BCUT2D eigenvalue weighted by molar-refractivity contribution is 0.212. The first-order valence-corrected chi connectivity index (χ1v) is 7.38. The summed E-state index contributed by atoms with van der Waals surface area (Å²) in [4.78, 5) is 2.71. The van der Waals surface area contributed by atoms with Crippen molar-refractivity contribution in [2.45, 2.75) is 31.3 Å². The van der Waals surface area contributed by atoms with Crippen LogP contribution in [0.1, 0.15) is 30.9 Å². The summed E-state index contributed by atoms with van der Waals surface area (Å²) in [5.41, 5.74) is 1.37. The molecule has 1 aliphatic heterocycles. The van der Waals surface area contributed by atoms with Crippen LogP contribution >= 0.6 is 0 Å². The van der Waals surface area contributed by atoms with Crippen molar-refractivity contribution in [2.24, 2.45) is 5.92 Å². The smallest absolute Gasteiger partial charge is 0.123 e. The molecule has 1 N–H and O–H groups in total. The highest BCUT2D eigenvalue weighted by molar-refractivity contribution is 5.37. The van der Waals surface area contributed by atoms with Crippen LogP contribution < -0.4 is 10.1 Å². The molecule has 3 nitrogen and oxygen atoms in total. The van der Waals surface area contributed by atoms with E-state index in [1.807, 2.05) is 0 Å². The summed E-state index contributed by atoms with van der Waals surface area (Å²) in [5.74, 6) is 1.74. The van der Waals surface area contributed by atoms with Crippen LogP contribution in [0, 0.1) is 5.92 Å². The van der Waals surface area contributed by atoms with Crippen molar-refractivity contribution in [1.29, 1.82) is 0 Å². The highest BCUT2D eigenvalue weighted by Crippen LogP contribution is 2.46. The lowest BCUT2D eigenvalue weighted by Gasteiger charge is -2.29. The van der Waals surface area contributed by atoms with E-state index in [9.17, 15) is 0 Å². The zero-order valence-corrected chi connectivity index (χ0v) is 11.9. The van der Waals surface area contributed by atoms with Gasteiger partial charge in [0.2, 0.25) is 0 Å². The second kappa shape index (κ2) is 5.51. The van der Waals surface area contributed by atoms with Gasteiger partial charge in [0.05, 0.1) is 7.11 Å². The summed E-state index contributed by atoms with van der Waals surface area (Å²) in [6, 6.07) is 9.87. The number of para-hydroxylation sites is 1. The zero-order chi connectivity index (χ0) is 13.2. The molecule has 19 heavy (non-hydrogen) atoms. The van der Waals surface area contributed by atoms with Gasteiger partial charge in [-0.05, 0) is 51.4 Å². The van der Waals surface area contributed by atoms with Crippen LogP contribution in [0.3, 0.4) is 0 Å². The van der Waals surface area contributed by atoms with Crippen LogP contribution in [-0.4, -0.2) is 38.2 Å². The number of hydrogen-bond donors (Lipinski definition) is 1. The molecule has 0 radical (unpaired) electrons. The molecule has 1 saturated heterocycles. The second-order valence-electron chi connectivity index (χ2n) is 5.76. The average molecular weight is 260 g/mol. The van der Waals surface area contributed by atoms with Gasteiger partial charge < -0.3 is 10.1 Å². The van der Waals surface area contributed by atoms with E-state index in [0.29, 0.717) is 12.0 Å². The van der Waals surface area contributed by atoms with Gasteiger partial charge in [-0.3, -0.25) is 4.90 Å². The SMILES string of the molecule is CNCC1CCN(C2CC2)C1c1ccccc1OC. The van der Waals surface area contributed by atoms with Gasteiger partial charge in [-0.1, -0.05) is 18.2 Å². The number of benzene rings is 1. The summed E-state index contributed by atoms with van der Waals surface area (Å²) in [6.07, 6.45) is 4.04. The van der Waals surface area contributed by atoms with Crippen molar-refractivity contribution in [3.05, 3.63) is 29.8 Å². The van der Waals surface area contributed by atoms with Crippen LogP contribution in [0.4, 0.5) is 0 Å². The Balaban J connectivity index is 1.91. The average Bonchev–Trinajstić information content (AvgIpc) is 3.21. The van der Waals surface area contributed by atoms with Crippen LogP contribution in [-0.2, 0) is 0 Å². The molecule has 1 aromatic carbocycles. The molecule has 2 aliphatic rings. The molecular formula is C16H24N2O.